The molecule has 0 aliphatic heterocycles. The average molecular weight is 316 g/mol. The molecule has 2 aliphatic carbocycles. The van der Waals surface area contributed by atoms with Crippen molar-refractivity contribution in [3.05, 3.63) is 0 Å². The van der Waals surface area contributed by atoms with Gasteiger partial charge < -0.3 is 15.7 Å². The van der Waals surface area contributed by atoms with Crippen LogP contribution >= 0.6 is 0 Å². The van der Waals surface area contributed by atoms with E-state index in [9.17, 15) is 14.1 Å². The highest BCUT2D eigenvalue weighted by Gasteiger charge is 2.42. The van der Waals surface area contributed by atoms with Gasteiger partial charge in [-0.1, -0.05) is 13.3 Å². The standard InChI is InChI=1S/C15H28N2O3S/c1-3-21(20)13-6-4-5-12(9-13)16-14(19)17-15(2,10-18)11-7-8-11/h11-13,18H,3-10H2,1-2H3,(H2,16,17,19). The quantitative estimate of drug-likeness (QED) is 0.695. The fraction of sp³-hybridized carbons (Fsp3) is 0.933. The first-order valence-corrected chi connectivity index (χ1v) is 9.43. The maximum absolute atomic E-state index is 12.2. The fourth-order valence-electron chi connectivity index (χ4n) is 3.22. The Morgan fingerprint density at radius 1 is 1.33 bits per heavy atom. The predicted octanol–water partition coefficient (Wildman–Crippen LogP) is 1.53. The minimum Gasteiger partial charge on any atom is -0.394 e. The molecule has 0 saturated heterocycles. The molecule has 0 aromatic carbocycles. The van der Waals surface area contributed by atoms with Crippen LogP contribution in [0.25, 0.3) is 0 Å². The number of rotatable bonds is 6. The SMILES string of the molecule is CCS(=O)C1CCCC(NC(=O)NC(C)(CO)C2CC2)C1. The van der Waals surface area contributed by atoms with E-state index in [0.29, 0.717) is 11.7 Å². The number of amides is 2. The normalized spacial score (nSPS) is 30.2. The number of nitrogens with one attached hydrogen (secondary N) is 2. The van der Waals surface area contributed by atoms with Gasteiger partial charge in [-0.25, -0.2) is 4.79 Å². The van der Waals surface area contributed by atoms with E-state index in [4.69, 9.17) is 0 Å². The molecule has 2 aliphatic rings. The van der Waals surface area contributed by atoms with Gasteiger partial charge >= 0.3 is 6.03 Å². The largest absolute Gasteiger partial charge is 0.394 e. The van der Waals surface area contributed by atoms with E-state index in [2.05, 4.69) is 10.6 Å². The third-order valence-electron chi connectivity index (χ3n) is 4.82. The highest BCUT2D eigenvalue weighted by atomic mass is 32.2. The van der Waals surface area contributed by atoms with Gasteiger partial charge in [-0.15, -0.1) is 0 Å². The Kier molecular flexibility index (Phi) is 5.66. The molecule has 4 unspecified atom stereocenters. The van der Waals surface area contributed by atoms with Crippen LogP contribution in [0.5, 0.6) is 0 Å². The van der Waals surface area contributed by atoms with E-state index in [1.54, 1.807) is 0 Å². The summed E-state index contributed by atoms with van der Waals surface area (Å²) in [5.41, 5.74) is -0.510. The van der Waals surface area contributed by atoms with E-state index in [1.165, 1.54) is 0 Å². The number of aliphatic hydroxyl groups excluding tert-OH is 1. The maximum Gasteiger partial charge on any atom is 0.315 e. The van der Waals surface area contributed by atoms with Crippen molar-refractivity contribution in [2.75, 3.05) is 12.4 Å². The van der Waals surface area contributed by atoms with Crippen LogP contribution in [0.2, 0.25) is 0 Å². The highest BCUT2D eigenvalue weighted by molar-refractivity contribution is 7.85. The van der Waals surface area contributed by atoms with Crippen molar-refractivity contribution < 1.29 is 14.1 Å². The first-order valence-electron chi connectivity index (χ1n) is 8.05. The Bertz CT molecular complexity index is 400. The molecule has 6 heteroatoms. The molecule has 2 saturated carbocycles. The van der Waals surface area contributed by atoms with Crippen LogP contribution in [0.4, 0.5) is 4.79 Å². The molecular weight excluding hydrogens is 288 g/mol. The fourth-order valence-corrected chi connectivity index (χ4v) is 4.57. The molecule has 0 radical (unpaired) electrons. The van der Waals surface area contributed by atoms with Crippen molar-refractivity contribution in [3.63, 3.8) is 0 Å². The van der Waals surface area contributed by atoms with Crippen LogP contribution in [0.3, 0.4) is 0 Å². The van der Waals surface area contributed by atoms with E-state index in [0.717, 1.165) is 38.5 Å². The maximum atomic E-state index is 12.2. The molecule has 0 aromatic heterocycles. The van der Waals surface area contributed by atoms with E-state index < -0.39 is 16.3 Å². The van der Waals surface area contributed by atoms with Crippen molar-refractivity contribution in [1.29, 1.82) is 0 Å². The first kappa shape index (κ1) is 16.7. The van der Waals surface area contributed by atoms with Crippen molar-refractivity contribution >= 4 is 16.8 Å². The summed E-state index contributed by atoms with van der Waals surface area (Å²) in [5, 5.41) is 15.7. The second kappa shape index (κ2) is 7.09. The Labute approximate surface area is 129 Å². The van der Waals surface area contributed by atoms with Gasteiger partial charge in [-0.05, 0) is 44.9 Å². The minimum atomic E-state index is -0.779. The predicted molar refractivity (Wildman–Crippen MR) is 84.6 cm³/mol. The molecule has 0 bridgehead atoms. The van der Waals surface area contributed by atoms with Crippen LogP contribution in [-0.4, -0.2) is 44.5 Å². The summed E-state index contributed by atoms with van der Waals surface area (Å²) in [5.74, 6) is 1.08. The van der Waals surface area contributed by atoms with Gasteiger partial charge in [0.2, 0.25) is 0 Å². The molecule has 4 atom stereocenters. The molecule has 2 amide bonds. The van der Waals surface area contributed by atoms with Crippen molar-refractivity contribution in [1.82, 2.24) is 10.6 Å². The van der Waals surface area contributed by atoms with Crippen LogP contribution in [0.1, 0.15) is 52.4 Å². The smallest absolute Gasteiger partial charge is 0.315 e. The Balaban J connectivity index is 1.83. The molecule has 3 N–H and O–H groups in total. The highest BCUT2D eigenvalue weighted by Crippen LogP contribution is 2.39. The summed E-state index contributed by atoms with van der Waals surface area (Å²) >= 11 is 0. The molecule has 0 aromatic rings. The summed E-state index contributed by atoms with van der Waals surface area (Å²) in [6, 6.07) is -0.104. The van der Waals surface area contributed by atoms with Gasteiger partial charge in [0.05, 0.1) is 12.1 Å². The Hall–Kier alpha value is -0.620. The summed E-state index contributed by atoms with van der Waals surface area (Å²) in [6.07, 6.45) is 5.89. The van der Waals surface area contributed by atoms with Crippen molar-refractivity contribution in [2.45, 2.75) is 69.2 Å². The van der Waals surface area contributed by atoms with Gasteiger partial charge in [-0.2, -0.15) is 0 Å². The van der Waals surface area contributed by atoms with Crippen LogP contribution in [0.15, 0.2) is 0 Å². The topological polar surface area (TPSA) is 78.4 Å². The number of urea groups is 1. The molecule has 122 valence electrons. The molecule has 2 fully saturated rings. The van der Waals surface area contributed by atoms with E-state index >= 15 is 0 Å². The first-order chi connectivity index (χ1) is 9.98. The van der Waals surface area contributed by atoms with E-state index in [1.807, 2.05) is 13.8 Å². The van der Waals surface area contributed by atoms with Crippen molar-refractivity contribution in [3.8, 4) is 0 Å². The molecule has 5 nitrogen and oxygen atoms in total. The van der Waals surface area contributed by atoms with Crippen LogP contribution < -0.4 is 10.6 Å². The average Bonchev–Trinajstić information content (AvgIpc) is 3.31. The molecule has 2 rings (SSSR count). The third kappa shape index (κ3) is 4.42. The molecule has 0 spiro atoms. The van der Waals surface area contributed by atoms with Gasteiger partial charge in [-0.3, -0.25) is 4.21 Å². The number of carbonyl (C=O) groups excluding carboxylic acids is 1. The lowest BCUT2D eigenvalue weighted by Gasteiger charge is -2.32. The number of aliphatic hydroxyl groups is 1. The lowest BCUT2D eigenvalue weighted by Crippen LogP contribution is -2.56. The second-order valence-electron chi connectivity index (χ2n) is 6.60. The zero-order chi connectivity index (χ0) is 15.5. The number of hydrogen-bond acceptors (Lipinski definition) is 3. The minimum absolute atomic E-state index is 0.0295. The van der Waals surface area contributed by atoms with Crippen molar-refractivity contribution in [2.24, 2.45) is 5.92 Å². The summed E-state index contributed by atoms with van der Waals surface area (Å²) in [6.45, 7) is 3.82. The molecule has 0 heterocycles. The lowest BCUT2D eigenvalue weighted by atomic mass is 9.94. The van der Waals surface area contributed by atoms with Gasteiger partial charge in [0.15, 0.2) is 0 Å². The number of hydrogen-bond donors (Lipinski definition) is 3. The van der Waals surface area contributed by atoms with Crippen LogP contribution in [-0.2, 0) is 10.8 Å². The third-order valence-corrected chi connectivity index (χ3v) is 6.56. The monoisotopic (exact) mass is 316 g/mol. The molecular formula is C15H28N2O3S. The Morgan fingerprint density at radius 2 is 2.05 bits per heavy atom. The van der Waals surface area contributed by atoms with E-state index in [-0.39, 0.29) is 23.9 Å². The lowest BCUT2D eigenvalue weighted by molar-refractivity contribution is 0.153. The zero-order valence-electron chi connectivity index (χ0n) is 13.1. The number of carbonyl (C=O) groups is 1. The molecule has 21 heavy (non-hydrogen) atoms. The van der Waals surface area contributed by atoms with Crippen LogP contribution in [0, 0.1) is 5.92 Å². The van der Waals surface area contributed by atoms with Gasteiger partial charge in [0.1, 0.15) is 0 Å². The summed E-state index contributed by atoms with van der Waals surface area (Å²) in [4.78, 5) is 12.2. The van der Waals surface area contributed by atoms with Gasteiger partial charge in [0, 0.05) is 27.8 Å². The Morgan fingerprint density at radius 3 is 2.62 bits per heavy atom. The zero-order valence-corrected chi connectivity index (χ0v) is 13.9. The summed E-state index contributed by atoms with van der Waals surface area (Å²) in [7, 11) is -0.779. The van der Waals surface area contributed by atoms with Gasteiger partial charge in [0.25, 0.3) is 0 Å². The summed E-state index contributed by atoms with van der Waals surface area (Å²) < 4.78 is 11.9. The second-order valence-corrected chi connectivity index (χ2v) is 8.61.